The third kappa shape index (κ3) is 4.07. The third-order valence-corrected chi connectivity index (χ3v) is 4.61. The first-order valence-corrected chi connectivity index (χ1v) is 9.14. The Morgan fingerprint density at radius 3 is 2.39 bits per heavy atom. The molecule has 0 aliphatic rings. The molecule has 0 fully saturated rings. The average molecular weight is 398 g/mol. The van der Waals surface area contributed by atoms with E-state index in [0.717, 1.165) is 5.69 Å². The SMILES string of the molecule is Cc1nn(-c2ccccc2)c(C)c1C(=O)O[C@H](C)C(=O)Nc1ccccc1Cl. The van der Waals surface area contributed by atoms with Gasteiger partial charge in [-0.3, -0.25) is 4.79 Å². The van der Waals surface area contributed by atoms with Crippen molar-refractivity contribution >= 4 is 29.2 Å². The molecule has 1 N–H and O–H groups in total. The van der Waals surface area contributed by atoms with Gasteiger partial charge in [-0.2, -0.15) is 5.10 Å². The summed E-state index contributed by atoms with van der Waals surface area (Å²) in [6.45, 7) is 5.03. The zero-order valence-corrected chi connectivity index (χ0v) is 16.5. The molecule has 0 saturated carbocycles. The van der Waals surface area contributed by atoms with Crippen LogP contribution in [0.4, 0.5) is 5.69 Å². The molecule has 2 aromatic carbocycles. The molecular weight excluding hydrogens is 378 g/mol. The van der Waals surface area contributed by atoms with Gasteiger partial charge in [0.15, 0.2) is 6.10 Å². The number of aromatic nitrogens is 2. The van der Waals surface area contributed by atoms with Crippen LogP contribution in [0.1, 0.15) is 28.7 Å². The predicted molar refractivity (Wildman–Crippen MR) is 108 cm³/mol. The molecule has 0 saturated heterocycles. The van der Waals surface area contributed by atoms with E-state index >= 15 is 0 Å². The maximum atomic E-state index is 12.7. The number of amides is 1. The van der Waals surface area contributed by atoms with Crippen LogP contribution < -0.4 is 5.32 Å². The van der Waals surface area contributed by atoms with Crippen molar-refractivity contribution in [3.8, 4) is 5.69 Å². The number of anilines is 1. The predicted octanol–water partition coefficient (Wildman–Crippen LogP) is 4.33. The van der Waals surface area contributed by atoms with E-state index in [9.17, 15) is 9.59 Å². The Morgan fingerprint density at radius 2 is 1.71 bits per heavy atom. The van der Waals surface area contributed by atoms with Crippen molar-refractivity contribution in [2.45, 2.75) is 26.9 Å². The van der Waals surface area contributed by atoms with Gasteiger partial charge in [0.2, 0.25) is 0 Å². The number of carbonyl (C=O) groups excluding carboxylic acids is 2. The maximum Gasteiger partial charge on any atom is 0.342 e. The summed E-state index contributed by atoms with van der Waals surface area (Å²) in [4.78, 5) is 25.0. The van der Waals surface area contributed by atoms with Crippen molar-refractivity contribution in [2.75, 3.05) is 5.32 Å². The van der Waals surface area contributed by atoms with E-state index in [0.29, 0.717) is 27.7 Å². The number of para-hydroxylation sites is 2. The topological polar surface area (TPSA) is 73.2 Å². The minimum Gasteiger partial charge on any atom is -0.449 e. The molecule has 0 spiro atoms. The summed E-state index contributed by atoms with van der Waals surface area (Å²) >= 11 is 6.04. The van der Waals surface area contributed by atoms with Crippen LogP contribution in [0.3, 0.4) is 0 Å². The van der Waals surface area contributed by atoms with Crippen molar-refractivity contribution in [3.63, 3.8) is 0 Å². The molecule has 1 amide bonds. The molecule has 0 aliphatic heterocycles. The summed E-state index contributed by atoms with van der Waals surface area (Å²) in [5.74, 6) is -1.06. The lowest BCUT2D eigenvalue weighted by molar-refractivity contribution is -0.123. The Hall–Kier alpha value is -3.12. The number of nitrogens with zero attached hydrogens (tertiary/aromatic N) is 2. The normalized spacial score (nSPS) is 11.7. The van der Waals surface area contributed by atoms with Crippen molar-refractivity contribution in [2.24, 2.45) is 0 Å². The van der Waals surface area contributed by atoms with Gasteiger partial charge >= 0.3 is 5.97 Å². The summed E-state index contributed by atoms with van der Waals surface area (Å²) in [7, 11) is 0. The van der Waals surface area contributed by atoms with Crippen LogP contribution in [0.5, 0.6) is 0 Å². The van der Waals surface area contributed by atoms with Crippen LogP contribution in [-0.4, -0.2) is 27.8 Å². The lowest BCUT2D eigenvalue weighted by Gasteiger charge is -2.14. The van der Waals surface area contributed by atoms with Gasteiger partial charge in [0.25, 0.3) is 5.91 Å². The Bertz CT molecular complexity index is 1010. The highest BCUT2D eigenvalue weighted by Gasteiger charge is 2.25. The van der Waals surface area contributed by atoms with Gasteiger partial charge in [0.1, 0.15) is 5.56 Å². The molecule has 1 aromatic heterocycles. The van der Waals surface area contributed by atoms with Crippen LogP contribution in [0, 0.1) is 13.8 Å². The van der Waals surface area contributed by atoms with Gasteiger partial charge in [0, 0.05) is 0 Å². The fourth-order valence-corrected chi connectivity index (χ4v) is 3.01. The number of hydrogen-bond donors (Lipinski definition) is 1. The zero-order valence-electron chi connectivity index (χ0n) is 15.8. The molecule has 3 aromatic rings. The molecule has 6 nitrogen and oxygen atoms in total. The fraction of sp³-hybridized carbons (Fsp3) is 0.190. The summed E-state index contributed by atoms with van der Waals surface area (Å²) in [6, 6.07) is 16.3. The second kappa shape index (κ2) is 8.27. The number of halogens is 1. The molecule has 0 bridgehead atoms. The van der Waals surface area contributed by atoms with Crippen molar-refractivity contribution in [1.29, 1.82) is 0 Å². The highest BCUT2D eigenvalue weighted by molar-refractivity contribution is 6.33. The lowest BCUT2D eigenvalue weighted by atomic mass is 10.2. The molecule has 0 aliphatic carbocycles. The molecule has 1 atom stereocenters. The number of aryl methyl sites for hydroxylation is 1. The maximum absolute atomic E-state index is 12.7. The minimum atomic E-state index is -0.998. The van der Waals surface area contributed by atoms with E-state index in [1.54, 1.807) is 42.8 Å². The Labute approximate surface area is 168 Å². The van der Waals surface area contributed by atoms with Crippen LogP contribution in [-0.2, 0) is 9.53 Å². The lowest BCUT2D eigenvalue weighted by Crippen LogP contribution is -2.30. The summed E-state index contributed by atoms with van der Waals surface area (Å²) in [6.07, 6.45) is -0.998. The molecule has 0 radical (unpaired) electrons. The molecule has 3 rings (SSSR count). The first kappa shape index (κ1) is 19.6. The fourth-order valence-electron chi connectivity index (χ4n) is 2.83. The third-order valence-electron chi connectivity index (χ3n) is 4.28. The van der Waals surface area contributed by atoms with E-state index in [4.69, 9.17) is 16.3 Å². The molecule has 1 heterocycles. The minimum absolute atomic E-state index is 0.348. The Morgan fingerprint density at radius 1 is 1.07 bits per heavy atom. The summed E-state index contributed by atoms with van der Waals surface area (Å²) < 4.78 is 7.05. The number of rotatable bonds is 5. The van der Waals surface area contributed by atoms with Crippen LogP contribution in [0.2, 0.25) is 5.02 Å². The van der Waals surface area contributed by atoms with Gasteiger partial charge in [0.05, 0.1) is 27.8 Å². The second-order valence-corrected chi connectivity index (χ2v) is 6.72. The molecule has 144 valence electrons. The molecule has 0 unspecified atom stereocenters. The standard InChI is InChI=1S/C21H20ClN3O3/c1-13-19(14(2)25(24-13)16-9-5-4-6-10-16)21(27)28-15(3)20(26)23-18-12-8-7-11-17(18)22/h4-12,15H,1-3H3,(H,23,26)/t15-/m1/s1. The first-order chi connectivity index (χ1) is 13.4. The summed E-state index contributed by atoms with van der Waals surface area (Å²) in [5, 5.41) is 7.50. The average Bonchev–Trinajstić information content (AvgIpc) is 2.98. The van der Waals surface area contributed by atoms with Crippen molar-refractivity contribution in [3.05, 3.63) is 76.6 Å². The van der Waals surface area contributed by atoms with E-state index in [1.165, 1.54) is 6.92 Å². The van der Waals surface area contributed by atoms with Gasteiger partial charge in [-0.05, 0) is 45.0 Å². The number of benzene rings is 2. The number of esters is 1. The molecule has 7 heteroatoms. The van der Waals surface area contributed by atoms with E-state index in [-0.39, 0.29) is 0 Å². The van der Waals surface area contributed by atoms with Gasteiger partial charge in [-0.1, -0.05) is 41.9 Å². The van der Waals surface area contributed by atoms with Gasteiger partial charge in [-0.15, -0.1) is 0 Å². The Balaban J connectivity index is 1.75. The zero-order chi connectivity index (χ0) is 20.3. The number of nitrogens with one attached hydrogen (secondary N) is 1. The van der Waals surface area contributed by atoms with Crippen molar-refractivity contribution in [1.82, 2.24) is 9.78 Å². The van der Waals surface area contributed by atoms with Crippen LogP contribution in [0.25, 0.3) is 5.69 Å². The largest absolute Gasteiger partial charge is 0.449 e. The second-order valence-electron chi connectivity index (χ2n) is 6.31. The number of carbonyl (C=O) groups is 2. The number of ether oxygens (including phenoxy) is 1. The van der Waals surface area contributed by atoms with Crippen LogP contribution in [0.15, 0.2) is 54.6 Å². The van der Waals surface area contributed by atoms with Crippen molar-refractivity contribution < 1.29 is 14.3 Å². The van der Waals surface area contributed by atoms with E-state index in [1.807, 2.05) is 30.3 Å². The smallest absolute Gasteiger partial charge is 0.342 e. The van der Waals surface area contributed by atoms with Crippen LogP contribution >= 0.6 is 11.6 Å². The molecular formula is C21H20ClN3O3. The number of hydrogen-bond acceptors (Lipinski definition) is 4. The van der Waals surface area contributed by atoms with Gasteiger partial charge in [-0.25, -0.2) is 9.48 Å². The first-order valence-electron chi connectivity index (χ1n) is 8.76. The van der Waals surface area contributed by atoms with E-state index < -0.39 is 18.0 Å². The highest BCUT2D eigenvalue weighted by Crippen LogP contribution is 2.22. The highest BCUT2D eigenvalue weighted by atomic mass is 35.5. The quantitative estimate of drug-likeness (QED) is 0.650. The van der Waals surface area contributed by atoms with E-state index in [2.05, 4.69) is 10.4 Å². The van der Waals surface area contributed by atoms with Gasteiger partial charge < -0.3 is 10.1 Å². The Kier molecular flexibility index (Phi) is 5.80. The summed E-state index contributed by atoms with van der Waals surface area (Å²) in [5.41, 5.74) is 2.83. The monoisotopic (exact) mass is 397 g/mol. The molecule has 28 heavy (non-hydrogen) atoms.